The highest BCUT2D eigenvalue weighted by Crippen LogP contribution is 2.63. The lowest BCUT2D eigenvalue weighted by molar-refractivity contribution is -0.114. The number of phenolic OH excluding ortho intramolecular Hbond substituents is 1. The van der Waals surface area contributed by atoms with Crippen LogP contribution < -0.4 is 9.64 Å². The molecule has 2 aromatic rings. The van der Waals surface area contributed by atoms with Gasteiger partial charge < -0.3 is 29.2 Å². The van der Waals surface area contributed by atoms with Gasteiger partial charge in [0.1, 0.15) is 12.2 Å². The lowest BCUT2D eigenvalue weighted by Crippen LogP contribution is -2.64. The van der Waals surface area contributed by atoms with Gasteiger partial charge in [-0.15, -0.1) is 0 Å². The predicted octanol–water partition coefficient (Wildman–Crippen LogP) is 3.49. The number of hydrogen-bond donors (Lipinski definition) is 2. The summed E-state index contributed by atoms with van der Waals surface area (Å²) in [5.74, 6) is 0.784. The Labute approximate surface area is 205 Å². The van der Waals surface area contributed by atoms with Crippen molar-refractivity contribution in [3.05, 3.63) is 59.6 Å². The molecule has 6 rings (SSSR count). The molecule has 2 N–H and O–H groups in total. The lowest BCUT2D eigenvalue weighted by Gasteiger charge is -2.56. The zero-order chi connectivity index (χ0) is 24.5. The number of hydrogen-bond acceptors (Lipinski definition) is 6. The van der Waals surface area contributed by atoms with Crippen LogP contribution in [0, 0.1) is 11.8 Å². The topological polar surface area (TPSA) is 86.4 Å². The summed E-state index contributed by atoms with van der Waals surface area (Å²) >= 11 is 0. The summed E-state index contributed by atoms with van der Waals surface area (Å²) in [6.07, 6.45) is 10.9. The molecule has 184 valence electrons. The Morgan fingerprint density at radius 2 is 2.20 bits per heavy atom. The van der Waals surface area contributed by atoms with Gasteiger partial charge in [0.25, 0.3) is 5.91 Å². The fourth-order valence-corrected chi connectivity index (χ4v) is 6.84. The van der Waals surface area contributed by atoms with E-state index in [0.29, 0.717) is 12.3 Å². The number of ether oxygens (including phenoxy) is 1. The van der Waals surface area contributed by atoms with Crippen molar-refractivity contribution in [3.8, 4) is 11.5 Å². The highest BCUT2D eigenvalue weighted by molar-refractivity contribution is 6.05. The number of piperidine rings is 1. The van der Waals surface area contributed by atoms with E-state index in [9.17, 15) is 15.0 Å². The van der Waals surface area contributed by atoms with Crippen LogP contribution in [0.5, 0.6) is 11.5 Å². The van der Waals surface area contributed by atoms with Gasteiger partial charge >= 0.3 is 0 Å². The highest BCUT2D eigenvalue weighted by Gasteiger charge is 2.64. The minimum Gasteiger partial charge on any atom is -0.504 e. The van der Waals surface area contributed by atoms with Gasteiger partial charge in [0.2, 0.25) is 0 Å². The summed E-state index contributed by atoms with van der Waals surface area (Å²) in [4.78, 5) is 17.7. The molecule has 5 atom stereocenters. The molecule has 1 saturated heterocycles. The molecule has 4 aliphatic rings. The van der Waals surface area contributed by atoms with Crippen LogP contribution in [0.1, 0.15) is 37.0 Å². The first-order valence-electron chi connectivity index (χ1n) is 12.5. The quantitative estimate of drug-likeness (QED) is 0.508. The van der Waals surface area contributed by atoms with Crippen LogP contribution in [0.15, 0.2) is 47.3 Å². The van der Waals surface area contributed by atoms with Crippen LogP contribution in [0.4, 0.5) is 5.69 Å². The van der Waals surface area contributed by atoms with Crippen LogP contribution >= 0.6 is 0 Å². The van der Waals surface area contributed by atoms with E-state index in [0.717, 1.165) is 41.8 Å². The van der Waals surface area contributed by atoms with Crippen molar-refractivity contribution in [1.29, 1.82) is 0 Å². The summed E-state index contributed by atoms with van der Waals surface area (Å²) in [6.45, 7) is 5.58. The average Bonchev–Trinajstić information content (AvgIpc) is 3.46. The van der Waals surface area contributed by atoms with E-state index in [4.69, 9.17) is 9.15 Å². The Hall–Kier alpha value is -3.03. The van der Waals surface area contributed by atoms with E-state index in [-0.39, 0.29) is 29.5 Å². The molecule has 3 heterocycles. The monoisotopic (exact) mass is 476 g/mol. The third kappa shape index (κ3) is 3.21. The molecule has 2 aliphatic heterocycles. The van der Waals surface area contributed by atoms with Gasteiger partial charge in [0, 0.05) is 47.2 Å². The zero-order valence-electron chi connectivity index (χ0n) is 20.3. The van der Waals surface area contributed by atoms with Crippen LogP contribution in [-0.4, -0.2) is 59.4 Å². The third-order valence-electron chi connectivity index (χ3n) is 8.32. The predicted molar refractivity (Wildman–Crippen MR) is 133 cm³/mol. The summed E-state index contributed by atoms with van der Waals surface area (Å²) in [5.41, 5.74) is 3.21. The van der Waals surface area contributed by atoms with Gasteiger partial charge in [-0.25, -0.2) is 0 Å². The zero-order valence-corrected chi connectivity index (χ0v) is 20.3. The molecule has 0 unspecified atom stereocenters. The fraction of sp³-hybridized carbons (Fsp3) is 0.464. The number of likely N-dealkylation sites (N-methyl/N-ethyl adjacent to an activating group) is 1. The number of benzene rings is 1. The number of rotatable bonds is 5. The number of aliphatic hydroxyl groups excluding tert-OH is 1. The Morgan fingerprint density at radius 1 is 1.37 bits per heavy atom. The molecule has 2 aliphatic carbocycles. The highest BCUT2D eigenvalue weighted by atomic mass is 16.5. The summed E-state index contributed by atoms with van der Waals surface area (Å²) in [7, 11) is 2.15. The lowest BCUT2D eigenvalue weighted by atomic mass is 9.53. The fourth-order valence-electron chi connectivity index (χ4n) is 6.84. The molecule has 7 nitrogen and oxygen atoms in total. The van der Waals surface area contributed by atoms with E-state index < -0.39 is 17.6 Å². The van der Waals surface area contributed by atoms with Crippen LogP contribution in [0.3, 0.4) is 0 Å². The number of aromatic hydroxyl groups is 1. The van der Waals surface area contributed by atoms with Gasteiger partial charge in [0.15, 0.2) is 11.5 Å². The van der Waals surface area contributed by atoms with Crippen molar-refractivity contribution in [1.82, 2.24) is 4.90 Å². The molecule has 35 heavy (non-hydrogen) atoms. The largest absolute Gasteiger partial charge is 0.504 e. The first kappa shape index (κ1) is 22.4. The third-order valence-corrected chi connectivity index (χ3v) is 8.32. The maximum absolute atomic E-state index is 13.5. The van der Waals surface area contributed by atoms with Gasteiger partial charge in [0.05, 0.1) is 18.2 Å². The number of furan rings is 1. The van der Waals surface area contributed by atoms with Gasteiger partial charge in [-0.3, -0.25) is 4.79 Å². The number of phenols is 1. The number of aliphatic hydroxyl groups is 1. The summed E-state index contributed by atoms with van der Waals surface area (Å²) < 4.78 is 11.5. The van der Waals surface area contributed by atoms with Crippen molar-refractivity contribution >= 4 is 17.7 Å². The van der Waals surface area contributed by atoms with Crippen molar-refractivity contribution in [3.63, 3.8) is 0 Å². The van der Waals surface area contributed by atoms with Crippen LogP contribution in [0.25, 0.3) is 6.08 Å². The molecule has 7 heteroatoms. The molecule has 1 aromatic heterocycles. The Kier molecular flexibility index (Phi) is 5.13. The van der Waals surface area contributed by atoms with E-state index >= 15 is 0 Å². The Bertz CT molecular complexity index is 1220. The van der Waals surface area contributed by atoms with Crippen LogP contribution in [-0.2, 0) is 16.6 Å². The first-order valence-corrected chi connectivity index (χ1v) is 12.5. The number of carbonyl (C=O) groups is 1. The molecular weight excluding hydrogens is 444 g/mol. The number of carbonyl (C=O) groups excluding carboxylic acids is 1. The maximum Gasteiger partial charge on any atom is 0.251 e. The summed E-state index contributed by atoms with van der Waals surface area (Å²) in [6, 6.07) is 3.72. The number of likely N-dealkylation sites (tertiary alicyclic amines) is 1. The SMILES string of the molecule is CC(C)CN(C(=O)C=Cc1ccoc1)c1cc(O)c2c3c1C[C@@H]1[C@@H]4C=C[C@H](O)[C@H](O2)[C@]34CCN1C. The Morgan fingerprint density at radius 3 is 2.94 bits per heavy atom. The number of anilines is 1. The minimum atomic E-state index is -0.734. The van der Waals surface area contributed by atoms with E-state index in [1.165, 1.54) is 0 Å². The van der Waals surface area contributed by atoms with Gasteiger partial charge in [-0.05, 0) is 50.1 Å². The number of amides is 1. The minimum absolute atomic E-state index is 0.0335. The van der Waals surface area contributed by atoms with E-state index in [2.05, 4.69) is 31.9 Å². The van der Waals surface area contributed by atoms with Gasteiger partial charge in [-0.1, -0.05) is 26.0 Å². The molecule has 2 bridgehead atoms. The molecule has 1 spiro atoms. The molecular formula is C28H32N2O5. The average molecular weight is 477 g/mol. The maximum atomic E-state index is 13.5. The first-order chi connectivity index (χ1) is 16.8. The molecule has 1 amide bonds. The second-order valence-corrected chi connectivity index (χ2v) is 10.8. The number of nitrogens with zero attached hydrogens (tertiary/aromatic N) is 2. The van der Waals surface area contributed by atoms with Crippen molar-refractivity contribution < 1.29 is 24.2 Å². The molecule has 1 aromatic carbocycles. The normalized spacial score (nSPS) is 30.5. The molecule has 1 fully saturated rings. The van der Waals surface area contributed by atoms with Crippen molar-refractivity contribution in [2.45, 2.75) is 50.4 Å². The van der Waals surface area contributed by atoms with Crippen LogP contribution in [0.2, 0.25) is 0 Å². The smallest absolute Gasteiger partial charge is 0.251 e. The van der Waals surface area contributed by atoms with Gasteiger partial charge in [-0.2, -0.15) is 0 Å². The molecule has 0 saturated carbocycles. The standard InChI is InChI=1S/C28H32N2O5/c1-16(2)14-30(24(33)7-4-17-8-11-34-15-17)20-13-23(32)26-25-18(20)12-21-19-5-6-22(31)27(35-26)28(19,25)9-10-29(21)3/h4-8,11,13,15-16,19,21-22,27,31-32H,9-10,12,14H2,1-3H3/t19-,21+,22-,27-,28-/m0/s1. The van der Waals surface area contributed by atoms with E-state index in [1.54, 1.807) is 41.7 Å². The summed E-state index contributed by atoms with van der Waals surface area (Å²) in [5, 5.41) is 22.1. The molecule has 0 radical (unpaired) electrons. The Balaban J connectivity index is 1.51. The second kappa shape index (κ2) is 8.00. The van der Waals surface area contributed by atoms with Crippen molar-refractivity contribution in [2.24, 2.45) is 11.8 Å². The second-order valence-electron chi connectivity index (χ2n) is 10.8. The van der Waals surface area contributed by atoms with Crippen molar-refractivity contribution in [2.75, 3.05) is 25.0 Å². The van der Waals surface area contributed by atoms with E-state index in [1.807, 2.05) is 6.08 Å².